The van der Waals surface area contributed by atoms with Gasteiger partial charge in [0.25, 0.3) is 0 Å². The highest BCUT2D eigenvalue weighted by atomic mass is 16.5. The number of hydrogen-bond acceptors (Lipinski definition) is 5. The zero-order valence-electron chi connectivity index (χ0n) is 18.7. The number of anilines is 1. The van der Waals surface area contributed by atoms with Gasteiger partial charge in [-0.25, -0.2) is 4.99 Å². The summed E-state index contributed by atoms with van der Waals surface area (Å²) in [7, 11) is 1.63. The summed E-state index contributed by atoms with van der Waals surface area (Å²) in [6.07, 6.45) is 1.27. The molecule has 4 rings (SSSR count). The lowest BCUT2D eigenvalue weighted by Crippen LogP contribution is -2.34. The molecule has 1 amide bonds. The van der Waals surface area contributed by atoms with Crippen molar-refractivity contribution in [2.45, 2.75) is 26.1 Å². The molecule has 0 saturated carbocycles. The zero-order chi connectivity index (χ0) is 23.2. The third-order valence-corrected chi connectivity index (χ3v) is 5.49. The van der Waals surface area contributed by atoms with Gasteiger partial charge in [-0.15, -0.1) is 0 Å². The van der Waals surface area contributed by atoms with E-state index in [0.29, 0.717) is 24.5 Å². The van der Waals surface area contributed by atoms with E-state index in [1.807, 2.05) is 91.9 Å². The fourth-order valence-corrected chi connectivity index (χ4v) is 3.73. The van der Waals surface area contributed by atoms with E-state index in [1.165, 1.54) is 0 Å². The smallest absolute Gasteiger partial charge is 0.224 e. The number of rotatable bonds is 7. The highest BCUT2D eigenvalue weighted by Gasteiger charge is 2.29. The number of aliphatic imine (C=N–C) groups is 1. The average molecular weight is 442 g/mol. The molecule has 168 valence electrons. The number of benzene rings is 3. The van der Waals surface area contributed by atoms with Crippen LogP contribution in [-0.2, 0) is 17.8 Å². The van der Waals surface area contributed by atoms with Crippen molar-refractivity contribution in [3.05, 3.63) is 101 Å². The molecule has 0 spiro atoms. The van der Waals surface area contributed by atoms with Crippen LogP contribution in [0.5, 0.6) is 5.75 Å². The molecule has 0 aliphatic carbocycles. The molecule has 6 heteroatoms. The minimum atomic E-state index is -0.882. The van der Waals surface area contributed by atoms with Gasteiger partial charge in [-0.2, -0.15) is 0 Å². The molecule has 1 aliphatic rings. The summed E-state index contributed by atoms with van der Waals surface area (Å²) >= 11 is 0. The molecule has 3 aromatic rings. The lowest BCUT2D eigenvalue weighted by molar-refractivity contribution is -0.120. The molecular weight excluding hydrogens is 414 g/mol. The largest absolute Gasteiger partial charge is 0.497 e. The molecular formula is C27H27N3O3. The molecule has 1 atom stereocenters. The Balaban J connectivity index is 1.39. The van der Waals surface area contributed by atoms with Crippen molar-refractivity contribution in [2.24, 2.45) is 4.99 Å². The lowest BCUT2D eigenvalue weighted by Gasteiger charge is -2.23. The first-order valence-electron chi connectivity index (χ1n) is 10.8. The Morgan fingerprint density at radius 1 is 1.03 bits per heavy atom. The lowest BCUT2D eigenvalue weighted by atomic mass is 10.1. The first-order chi connectivity index (χ1) is 16.0. The average Bonchev–Trinajstić information content (AvgIpc) is 3.12. The van der Waals surface area contributed by atoms with Crippen molar-refractivity contribution in [1.82, 2.24) is 5.32 Å². The molecule has 2 N–H and O–H groups in total. The van der Waals surface area contributed by atoms with E-state index in [0.717, 1.165) is 28.1 Å². The second-order valence-corrected chi connectivity index (χ2v) is 7.85. The Hall–Kier alpha value is -3.90. The number of hydrogen-bond donors (Lipinski definition) is 2. The van der Waals surface area contributed by atoms with Crippen LogP contribution in [0, 0.1) is 0 Å². The maximum Gasteiger partial charge on any atom is 0.224 e. The Morgan fingerprint density at radius 2 is 1.73 bits per heavy atom. The van der Waals surface area contributed by atoms with Gasteiger partial charge in [-0.05, 0) is 54.0 Å². The van der Waals surface area contributed by atoms with Crippen LogP contribution in [0.25, 0.3) is 6.08 Å². The van der Waals surface area contributed by atoms with Crippen LogP contribution in [0.4, 0.5) is 5.69 Å². The predicted octanol–water partition coefficient (Wildman–Crippen LogP) is 4.15. The van der Waals surface area contributed by atoms with E-state index in [-0.39, 0.29) is 5.91 Å². The van der Waals surface area contributed by atoms with Gasteiger partial charge in [0.05, 0.1) is 19.2 Å². The Bertz CT molecular complexity index is 1150. The second kappa shape index (κ2) is 10.1. The van der Waals surface area contributed by atoms with Gasteiger partial charge in [-0.3, -0.25) is 9.69 Å². The van der Waals surface area contributed by atoms with E-state index in [1.54, 1.807) is 12.0 Å². The van der Waals surface area contributed by atoms with Crippen molar-refractivity contribution in [3.63, 3.8) is 0 Å². The quantitative estimate of drug-likeness (QED) is 0.578. The van der Waals surface area contributed by atoms with E-state index in [9.17, 15) is 9.90 Å². The summed E-state index contributed by atoms with van der Waals surface area (Å²) in [6.45, 7) is 2.37. The van der Waals surface area contributed by atoms with Crippen molar-refractivity contribution >= 4 is 23.5 Å². The molecule has 0 aromatic heterocycles. The summed E-state index contributed by atoms with van der Waals surface area (Å²) in [6, 6.07) is 25.0. The number of aliphatic hydroxyl groups excluding tert-OH is 1. The van der Waals surface area contributed by atoms with Crippen LogP contribution in [0.2, 0.25) is 0 Å². The van der Waals surface area contributed by atoms with Crippen LogP contribution in [-0.4, -0.2) is 30.2 Å². The number of amides is 1. The number of carbonyl (C=O) groups is 1. The highest BCUT2D eigenvalue weighted by Crippen LogP contribution is 2.28. The number of carbonyl (C=O) groups excluding carboxylic acids is 1. The third kappa shape index (κ3) is 5.48. The van der Waals surface area contributed by atoms with Crippen LogP contribution < -0.4 is 15.0 Å². The standard InChI is InChI=1S/C27H27N3O3/c1-19-29-25(16-20-10-14-24(33-2)15-11-20)27(32)30(19)23-12-8-21(9-13-23)17-26(31)28-18-22-6-4-3-5-7-22/h3-16,27,32H,17-18H2,1-2H3,(H,28,31)/b25-16-. The predicted molar refractivity (Wildman–Crippen MR) is 131 cm³/mol. The van der Waals surface area contributed by atoms with E-state index in [2.05, 4.69) is 10.3 Å². The molecule has 1 aliphatic heterocycles. The maximum atomic E-state index is 12.3. The SMILES string of the molecule is COc1ccc(/C=C2\N=C(C)N(c3ccc(CC(=O)NCc4ccccc4)cc3)C2O)cc1. The number of ether oxygens (including phenoxy) is 1. The van der Waals surface area contributed by atoms with Crippen LogP contribution in [0.1, 0.15) is 23.6 Å². The van der Waals surface area contributed by atoms with Crippen LogP contribution in [0.15, 0.2) is 89.6 Å². The van der Waals surface area contributed by atoms with Gasteiger partial charge in [0, 0.05) is 12.2 Å². The Labute approximate surface area is 193 Å². The maximum absolute atomic E-state index is 12.3. The normalized spacial score (nSPS) is 16.6. The van der Waals surface area contributed by atoms with E-state index < -0.39 is 6.23 Å². The molecule has 0 saturated heterocycles. The first kappa shape index (κ1) is 22.3. The molecule has 1 unspecified atom stereocenters. The first-order valence-corrected chi connectivity index (χ1v) is 10.8. The molecule has 0 radical (unpaired) electrons. The van der Waals surface area contributed by atoms with Gasteiger partial charge in [0.1, 0.15) is 11.6 Å². The summed E-state index contributed by atoms with van der Waals surface area (Å²) in [5.74, 6) is 1.45. The number of nitrogens with zero attached hydrogens (tertiary/aromatic N) is 2. The van der Waals surface area contributed by atoms with Gasteiger partial charge in [0.15, 0.2) is 6.23 Å². The Morgan fingerprint density at radius 3 is 2.39 bits per heavy atom. The molecule has 0 fully saturated rings. The summed E-state index contributed by atoms with van der Waals surface area (Å²) in [5, 5.41) is 13.8. The number of methoxy groups -OCH3 is 1. The van der Waals surface area contributed by atoms with Crippen molar-refractivity contribution < 1.29 is 14.6 Å². The molecule has 6 nitrogen and oxygen atoms in total. The second-order valence-electron chi connectivity index (χ2n) is 7.85. The van der Waals surface area contributed by atoms with Crippen molar-refractivity contribution in [2.75, 3.05) is 12.0 Å². The molecule has 3 aromatic carbocycles. The van der Waals surface area contributed by atoms with Crippen molar-refractivity contribution in [3.8, 4) is 5.75 Å². The number of amidine groups is 1. The number of aliphatic hydroxyl groups is 1. The molecule has 1 heterocycles. The molecule has 33 heavy (non-hydrogen) atoms. The Kier molecular flexibility index (Phi) is 6.86. The van der Waals surface area contributed by atoms with Crippen LogP contribution in [0.3, 0.4) is 0 Å². The van der Waals surface area contributed by atoms with E-state index in [4.69, 9.17) is 4.74 Å². The highest BCUT2D eigenvalue weighted by molar-refractivity contribution is 6.00. The van der Waals surface area contributed by atoms with Crippen LogP contribution >= 0.6 is 0 Å². The topological polar surface area (TPSA) is 74.2 Å². The fraction of sp³-hybridized carbons (Fsp3) is 0.185. The minimum absolute atomic E-state index is 0.0322. The summed E-state index contributed by atoms with van der Waals surface area (Å²) in [4.78, 5) is 18.6. The van der Waals surface area contributed by atoms with E-state index >= 15 is 0 Å². The van der Waals surface area contributed by atoms with Gasteiger partial charge in [0.2, 0.25) is 5.91 Å². The summed E-state index contributed by atoms with van der Waals surface area (Å²) < 4.78 is 5.19. The monoisotopic (exact) mass is 441 g/mol. The number of nitrogens with one attached hydrogen (secondary N) is 1. The van der Waals surface area contributed by atoms with Gasteiger partial charge < -0.3 is 15.2 Å². The van der Waals surface area contributed by atoms with Gasteiger partial charge >= 0.3 is 0 Å². The minimum Gasteiger partial charge on any atom is -0.497 e. The fourth-order valence-electron chi connectivity index (χ4n) is 3.73. The summed E-state index contributed by atoms with van der Waals surface area (Å²) in [5.41, 5.74) is 4.29. The van der Waals surface area contributed by atoms with Gasteiger partial charge in [-0.1, -0.05) is 54.6 Å². The van der Waals surface area contributed by atoms with Crippen molar-refractivity contribution in [1.29, 1.82) is 0 Å². The third-order valence-electron chi connectivity index (χ3n) is 5.49. The zero-order valence-corrected chi connectivity index (χ0v) is 18.7. The molecule has 0 bridgehead atoms.